The van der Waals surface area contributed by atoms with Crippen molar-refractivity contribution in [2.24, 2.45) is 0 Å². The minimum absolute atomic E-state index is 0.00745. The Morgan fingerprint density at radius 3 is 2.57 bits per heavy atom. The number of carbonyl (C=O) groups is 1. The zero-order chi connectivity index (χ0) is 14.7. The van der Waals surface area contributed by atoms with Gasteiger partial charge in [-0.3, -0.25) is 0 Å². The van der Waals surface area contributed by atoms with Crippen LogP contribution < -0.4 is 5.32 Å². The monoisotopic (exact) mass is 280 g/mol. The lowest BCUT2D eigenvalue weighted by Gasteiger charge is -2.26. The zero-order valence-corrected chi connectivity index (χ0v) is 12.3. The van der Waals surface area contributed by atoms with E-state index in [-0.39, 0.29) is 12.1 Å². The Bertz CT molecular complexity index is 624. The lowest BCUT2D eigenvalue weighted by Crippen LogP contribution is -2.34. The molecule has 1 N–H and O–H groups in total. The molecule has 1 atom stereocenters. The fraction of sp³-hybridized carbons (Fsp3) is 0.278. The fourth-order valence-electron chi connectivity index (χ4n) is 3.01. The number of nitrogens with one attached hydrogen (secondary N) is 1. The van der Waals surface area contributed by atoms with Gasteiger partial charge in [-0.25, -0.2) is 4.79 Å². The minimum atomic E-state index is -0.00745. The van der Waals surface area contributed by atoms with E-state index in [0.29, 0.717) is 0 Å². The summed E-state index contributed by atoms with van der Waals surface area (Å²) in [6.45, 7) is 2.93. The summed E-state index contributed by atoms with van der Waals surface area (Å²) in [6.07, 6.45) is 2.09. The van der Waals surface area contributed by atoms with Gasteiger partial charge in [0.2, 0.25) is 0 Å². The van der Waals surface area contributed by atoms with Gasteiger partial charge >= 0.3 is 6.03 Å². The molecule has 3 heteroatoms. The average Bonchev–Trinajstić information content (AvgIpc) is 2.98. The van der Waals surface area contributed by atoms with Gasteiger partial charge in [0.05, 0.1) is 6.04 Å². The number of likely N-dealkylation sites (tertiary alicyclic amines) is 1. The number of aryl methyl sites for hydroxylation is 1. The van der Waals surface area contributed by atoms with Gasteiger partial charge < -0.3 is 10.2 Å². The number of hydrogen-bond donors (Lipinski definition) is 1. The number of anilines is 1. The van der Waals surface area contributed by atoms with Gasteiger partial charge in [0.25, 0.3) is 0 Å². The van der Waals surface area contributed by atoms with E-state index in [2.05, 4.69) is 24.4 Å². The van der Waals surface area contributed by atoms with Crippen LogP contribution in [0, 0.1) is 6.92 Å². The summed E-state index contributed by atoms with van der Waals surface area (Å²) in [5, 5.41) is 2.99. The number of hydrogen-bond acceptors (Lipinski definition) is 1. The highest BCUT2D eigenvalue weighted by Crippen LogP contribution is 2.33. The Labute approximate surface area is 125 Å². The first kappa shape index (κ1) is 13.7. The van der Waals surface area contributed by atoms with E-state index < -0.39 is 0 Å². The average molecular weight is 280 g/mol. The Morgan fingerprint density at radius 1 is 1.10 bits per heavy atom. The van der Waals surface area contributed by atoms with Crippen molar-refractivity contribution in [1.82, 2.24) is 4.90 Å². The standard InChI is InChI=1S/C18H20N2O/c1-14-8-5-6-11-16(14)17-12-7-13-20(17)18(21)19-15-9-3-2-4-10-15/h2-6,8-11,17H,7,12-13H2,1H3,(H,19,21). The molecule has 1 unspecified atom stereocenters. The van der Waals surface area contributed by atoms with E-state index in [0.717, 1.165) is 25.1 Å². The van der Waals surface area contributed by atoms with Crippen LogP contribution in [0.2, 0.25) is 0 Å². The van der Waals surface area contributed by atoms with Crippen LogP contribution in [-0.2, 0) is 0 Å². The molecule has 0 spiro atoms. The van der Waals surface area contributed by atoms with Crippen molar-refractivity contribution in [3.63, 3.8) is 0 Å². The lowest BCUT2D eigenvalue weighted by atomic mass is 9.99. The normalized spacial score (nSPS) is 17.8. The number of amides is 2. The molecule has 0 bridgehead atoms. The number of urea groups is 1. The molecule has 1 heterocycles. The summed E-state index contributed by atoms with van der Waals surface area (Å²) in [7, 11) is 0. The maximum Gasteiger partial charge on any atom is 0.322 e. The quantitative estimate of drug-likeness (QED) is 0.870. The molecule has 2 aromatic carbocycles. The fourth-order valence-corrected chi connectivity index (χ4v) is 3.01. The van der Waals surface area contributed by atoms with E-state index in [4.69, 9.17) is 0 Å². The van der Waals surface area contributed by atoms with Crippen molar-refractivity contribution in [3.05, 3.63) is 65.7 Å². The van der Waals surface area contributed by atoms with Crippen molar-refractivity contribution >= 4 is 11.7 Å². The van der Waals surface area contributed by atoms with E-state index in [1.165, 1.54) is 11.1 Å². The van der Waals surface area contributed by atoms with Gasteiger partial charge in [-0.2, -0.15) is 0 Å². The SMILES string of the molecule is Cc1ccccc1C1CCCN1C(=O)Nc1ccccc1. The first-order valence-corrected chi connectivity index (χ1v) is 7.44. The number of carbonyl (C=O) groups excluding carboxylic acids is 1. The van der Waals surface area contributed by atoms with Crippen molar-refractivity contribution in [2.45, 2.75) is 25.8 Å². The second-order valence-corrected chi connectivity index (χ2v) is 5.50. The third kappa shape index (κ3) is 2.92. The van der Waals surface area contributed by atoms with Crippen molar-refractivity contribution in [2.75, 3.05) is 11.9 Å². The van der Waals surface area contributed by atoms with Crippen molar-refractivity contribution in [1.29, 1.82) is 0 Å². The molecule has 3 nitrogen and oxygen atoms in total. The van der Waals surface area contributed by atoms with Crippen LogP contribution in [0.15, 0.2) is 54.6 Å². The van der Waals surface area contributed by atoms with Crippen LogP contribution in [0.5, 0.6) is 0 Å². The van der Waals surface area contributed by atoms with Gasteiger partial charge in [0.15, 0.2) is 0 Å². The van der Waals surface area contributed by atoms with Crippen LogP contribution in [0.3, 0.4) is 0 Å². The molecule has 108 valence electrons. The molecule has 0 aliphatic carbocycles. The summed E-state index contributed by atoms with van der Waals surface area (Å²) in [5.74, 6) is 0. The summed E-state index contributed by atoms with van der Waals surface area (Å²) < 4.78 is 0. The number of nitrogens with zero attached hydrogens (tertiary/aromatic N) is 1. The summed E-state index contributed by atoms with van der Waals surface area (Å²) in [5.41, 5.74) is 3.36. The van der Waals surface area contributed by atoms with Gasteiger partial charge in [-0.1, -0.05) is 42.5 Å². The maximum atomic E-state index is 12.5. The first-order chi connectivity index (χ1) is 10.3. The maximum absolute atomic E-state index is 12.5. The third-order valence-corrected chi connectivity index (χ3v) is 4.09. The van der Waals surface area contributed by atoms with Crippen LogP contribution in [-0.4, -0.2) is 17.5 Å². The predicted octanol–water partition coefficient (Wildman–Crippen LogP) is 4.36. The number of benzene rings is 2. The molecule has 0 aromatic heterocycles. The van der Waals surface area contributed by atoms with Gasteiger partial charge in [0, 0.05) is 12.2 Å². The van der Waals surface area contributed by atoms with Crippen molar-refractivity contribution in [3.8, 4) is 0 Å². The summed E-state index contributed by atoms with van der Waals surface area (Å²) in [4.78, 5) is 14.5. The second-order valence-electron chi connectivity index (χ2n) is 5.50. The predicted molar refractivity (Wildman–Crippen MR) is 85.3 cm³/mol. The molecule has 1 fully saturated rings. The van der Waals surface area contributed by atoms with E-state index in [9.17, 15) is 4.79 Å². The molecule has 1 aliphatic rings. The summed E-state index contributed by atoms with van der Waals surface area (Å²) >= 11 is 0. The third-order valence-electron chi connectivity index (χ3n) is 4.09. The molecular formula is C18H20N2O. The molecule has 21 heavy (non-hydrogen) atoms. The Hall–Kier alpha value is -2.29. The van der Waals surface area contributed by atoms with Gasteiger partial charge in [0.1, 0.15) is 0 Å². The molecule has 0 radical (unpaired) electrons. The second kappa shape index (κ2) is 6.00. The highest BCUT2D eigenvalue weighted by Gasteiger charge is 2.30. The largest absolute Gasteiger partial charge is 0.322 e. The van der Waals surface area contributed by atoms with E-state index in [1.54, 1.807) is 0 Å². The summed E-state index contributed by atoms with van der Waals surface area (Å²) in [6, 6.07) is 18.2. The highest BCUT2D eigenvalue weighted by atomic mass is 16.2. The first-order valence-electron chi connectivity index (χ1n) is 7.44. The zero-order valence-electron chi connectivity index (χ0n) is 12.3. The molecule has 2 aromatic rings. The number of para-hydroxylation sites is 1. The molecule has 1 aliphatic heterocycles. The van der Waals surface area contributed by atoms with E-state index >= 15 is 0 Å². The Kier molecular flexibility index (Phi) is 3.91. The molecule has 0 saturated carbocycles. The van der Waals surface area contributed by atoms with Crippen LogP contribution in [0.25, 0.3) is 0 Å². The lowest BCUT2D eigenvalue weighted by molar-refractivity contribution is 0.207. The molecule has 2 amide bonds. The van der Waals surface area contributed by atoms with Crippen LogP contribution in [0.1, 0.15) is 30.0 Å². The topological polar surface area (TPSA) is 32.3 Å². The Morgan fingerprint density at radius 2 is 1.81 bits per heavy atom. The van der Waals surface area contributed by atoms with Crippen molar-refractivity contribution < 1.29 is 4.79 Å². The van der Waals surface area contributed by atoms with E-state index in [1.807, 2.05) is 47.4 Å². The number of rotatable bonds is 2. The van der Waals surface area contributed by atoms with Crippen LogP contribution in [0.4, 0.5) is 10.5 Å². The highest BCUT2D eigenvalue weighted by molar-refractivity contribution is 5.89. The molecule has 1 saturated heterocycles. The minimum Gasteiger partial charge on any atom is -0.317 e. The van der Waals surface area contributed by atoms with Gasteiger partial charge in [-0.05, 0) is 43.0 Å². The smallest absolute Gasteiger partial charge is 0.317 e. The molecule has 3 rings (SSSR count). The van der Waals surface area contributed by atoms with Gasteiger partial charge in [-0.15, -0.1) is 0 Å². The Balaban J connectivity index is 1.78. The molecular weight excluding hydrogens is 260 g/mol. The van der Waals surface area contributed by atoms with Crippen LogP contribution >= 0.6 is 0 Å².